The molecule has 1 aliphatic rings. The Hall–Kier alpha value is -3.12. The normalized spacial score (nSPS) is 19.5. The predicted octanol–water partition coefficient (Wildman–Crippen LogP) is 4.17. The zero-order valence-electron chi connectivity index (χ0n) is 17.5. The second-order valence-electron chi connectivity index (χ2n) is 8.61. The van der Waals surface area contributed by atoms with Gasteiger partial charge in [0.05, 0.1) is 18.2 Å². The van der Waals surface area contributed by atoms with Crippen molar-refractivity contribution in [2.75, 3.05) is 13.1 Å². The average Bonchev–Trinajstić information content (AvgIpc) is 2.79. The molecule has 1 aliphatic heterocycles. The molecule has 1 fully saturated rings. The Morgan fingerprint density at radius 3 is 2.30 bits per heavy atom. The van der Waals surface area contributed by atoms with Crippen molar-refractivity contribution in [1.82, 2.24) is 19.9 Å². The number of ether oxygens (including phenoxy) is 1. The fraction of sp³-hybridized carbons (Fsp3) is 0.333. The van der Waals surface area contributed by atoms with Gasteiger partial charge in [0, 0.05) is 25.1 Å². The number of rotatable bonds is 3. The first-order valence-corrected chi connectivity index (χ1v) is 10.1. The first kappa shape index (κ1) is 20.2. The molecule has 0 unspecified atom stereocenters. The highest BCUT2D eigenvalue weighted by Crippen LogP contribution is 2.34. The van der Waals surface area contributed by atoms with Gasteiger partial charge in [0.25, 0.3) is 5.91 Å². The first-order valence-electron chi connectivity index (χ1n) is 10.1. The highest BCUT2D eigenvalue weighted by Gasteiger charge is 2.37. The summed E-state index contributed by atoms with van der Waals surface area (Å²) in [6, 6.07) is 15.6. The minimum atomic E-state index is -0.165. The van der Waals surface area contributed by atoms with E-state index in [-0.39, 0.29) is 23.5 Å². The van der Waals surface area contributed by atoms with Crippen LogP contribution in [0.4, 0.5) is 0 Å². The zero-order valence-corrected chi connectivity index (χ0v) is 17.5. The molecule has 3 aromatic rings. The topological polar surface area (TPSA) is 68.2 Å². The SMILES string of the molecule is CC(C)(C)[C@H]1CN(C(=O)c2cnc(-c3ccccn3)nc2)C[C@@H](c2ccccc2)O1. The molecule has 2 aromatic heterocycles. The summed E-state index contributed by atoms with van der Waals surface area (Å²) in [6.45, 7) is 7.44. The number of pyridine rings is 1. The summed E-state index contributed by atoms with van der Waals surface area (Å²) in [5.41, 5.74) is 2.13. The number of nitrogens with zero attached hydrogens (tertiary/aromatic N) is 4. The molecular weight excluding hydrogens is 376 g/mol. The maximum atomic E-state index is 13.3. The van der Waals surface area contributed by atoms with Gasteiger partial charge in [-0.05, 0) is 23.1 Å². The third-order valence-corrected chi connectivity index (χ3v) is 5.32. The quantitative estimate of drug-likeness (QED) is 0.658. The first-order chi connectivity index (χ1) is 14.4. The lowest BCUT2D eigenvalue weighted by atomic mass is 9.87. The van der Waals surface area contributed by atoms with Gasteiger partial charge in [-0.15, -0.1) is 0 Å². The zero-order chi connectivity index (χ0) is 21.1. The third-order valence-electron chi connectivity index (χ3n) is 5.32. The molecule has 1 aromatic carbocycles. The maximum Gasteiger partial charge on any atom is 0.257 e. The largest absolute Gasteiger partial charge is 0.366 e. The monoisotopic (exact) mass is 402 g/mol. The van der Waals surface area contributed by atoms with E-state index in [2.05, 4.69) is 35.7 Å². The van der Waals surface area contributed by atoms with Gasteiger partial charge in [-0.25, -0.2) is 9.97 Å². The van der Waals surface area contributed by atoms with Gasteiger partial charge in [-0.3, -0.25) is 9.78 Å². The number of amides is 1. The van der Waals surface area contributed by atoms with Crippen LogP contribution in [-0.2, 0) is 4.74 Å². The molecule has 4 rings (SSSR count). The Kier molecular flexibility index (Phi) is 5.59. The predicted molar refractivity (Wildman–Crippen MR) is 115 cm³/mol. The van der Waals surface area contributed by atoms with Crippen LogP contribution < -0.4 is 0 Å². The van der Waals surface area contributed by atoms with Crippen LogP contribution in [0.1, 0.15) is 42.8 Å². The summed E-state index contributed by atoms with van der Waals surface area (Å²) in [7, 11) is 0. The molecular formula is C24H26N4O2. The second-order valence-corrected chi connectivity index (χ2v) is 8.61. The lowest BCUT2D eigenvalue weighted by Crippen LogP contribution is -2.51. The van der Waals surface area contributed by atoms with Crippen molar-refractivity contribution >= 4 is 5.91 Å². The van der Waals surface area contributed by atoms with Gasteiger partial charge in [-0.2, -0.15) is 0 Å². The molecule has 0 aliphatic carbocycles. The van der Waals surface area contributed by atoms with E-state index < -0.39 is 0 Å². The Bertz CT molecular complexity index is 985. The van der Waals surface area contributed by atoms with E-state index in [1.54, 1.807) is 18.6 Å². The van der Waals surface area contributed by atoms with Crippen molar-refractivity contribution in [3.05, 3.63) is 78.2 Å². The van der Waals surface area contributed by atoms with Gasteiger partial charge in [-0.1, -0.05) is 57.2 Å². The van der Waals surface area contributed by atoms with Crippen LogP contribution in [0.3, 0.4) is 0 Å². The van der Waals surface area contributed by atoms with Crippen molar-refractivity contribution in [3.63, 3.8) is 0 Å². The number of carbonyl (C=O) groups excluding carboxylic acids is 1. The number of morpholine rings is 1. The van der Waals surface area contributed by atoms with Gasteiger partial charge in [0.15, 0.2) is 5.82 Å². The lowest BCUT2D eigenvalue weighted by Gasteiger charge is -2.43. The van der Waals surface area contributed by atoms with E-state index in [9.17, 15) is 4.79 Å². The second kappa shape index (κ2) is 8.32. The average molecular weight is 402 g/mol. The molecule has 30 heavy (non-hydrogen) atoms. The van der Waals surface area contributed by atoms with Crippen LogP contribution in [0.2, 0.25) is 0 Å². The number of hydrogen-bond donors (Lipinski definition) is 0. The number of benzene rings is 1. The maximum absolute atomic E-state index is 13.3. The molecule has 3 heterocycles. The van der Waals surface area contributed by atoms with E-state index in [0.29, 0.717) is 30.2 Å². The summed E-state index contributed by atoms with van der Waals surface area (Å²) in [4.78, 5) is 28.1. The van der Waals surface area contributed by atoms with Crippen LogP contribution in [0.25, 0.3) is 11.5 Å². The van der Waals surface area contributed by atoms with Crippen LogP contribution in [0.5, 0.6) is 0 Å². The standard InChI is InChI=1S/C24H26N4O2/c1-24(2,3)21-16-28(15-20(30-21)17-9-5-4-6-10-17)23(29)18-13-26-22(27-14-18)19-11-7-8-12-25-19/h4-14,20-21H,15-16H2,1-3H3/t20-,21+/m0/s1. The fourth-order valence-corrected chi connectivity index (χ4v) is 3.50. The number of carbonyl (C=O) groups is 1. The number of hydrogen-bond acceptors (Lipinski definition) is 5. The van der Waals surface area contributed by atoms with Gasteiger partial charge in [0.1, 0.15) is 11.8 Å². The highest BCUT2D eigenvalue weighted by molar-refractivity contribution is 5.93. The summed E-state index contributed by atoms with van der Waals surface area (Å²) in [5, 5.41) is 0. The van der Waals surface area contributed by atoms with Crippen LogP contribution in [0, 0.1) is 5.41 Å². The van der Waals surface area contributed by atoms with Crippen LogP contribution in [0.15, 0.2) is 67.1 Å². The van der Waals surface area contributed by atoms with Crippen molar-refractivity contribution in [2.24, 2.45) is 5.41 Å². The van der Waals surface area contributed by atoms with Crippen molar-refractivity contribution in [3.8, 4) is 11.5 Å². The molecule has 0 bridgehead atoms. The van der Waals surface area contributed by atoms with E-state index >= 15 is 0 Å². The summed E-state index contributed by atoms with van der Waals surface area (Å²) in [6.07, 6.45) is 4.62. The molecule has 0 saturated carbocycles. The summed E-state index contributed by atoms with van der Waals surface area (Å²) >= 11 is 0. The molecule has 1 amide bonds. The van der Waals surface area contributed by atoms with Gasteiger partial charge < -0.3 is 9.64 Å². The smallest absolute Gasteiger partial charge is 0.257 e. The fourth-order valence-electron chi connectivity index (χ4n) is 3.50. The molecule has 1 saturated heterocycles. The van der Waals surface area contributed by atoms with Gasteiger partial charge >= 0.3 is 0 Å². The Morgan fingerprint density at radius 2 is 1.67 bits per heavy atom. The van der Waals surface area contributed by atoms with Crippen LogP contribution >= 0.6 is 0 Å². The molecule has 0 radical (unpaired) electrons. The van der Waals surface area contributed by atoms with Crippen molar-refractivity contribution in [2.45, 2.75) is 33.0 Å². The van der Waals surface area contributed by atoms with Crippen molar-refractivity contribution < 1.29 is 9.53 Å². The Morgan fingerprint density at radius 1 is 0.967 bits per heavy atom. The molecule has 154 valence electrons. The summed E-state index contributed by atoms with van der Waals surface area (Å²) in [5.74, 6) is 0.421. The van der Waals surface area contributed by atoms with Crippen LogP contribution in [-0.4, -0.2) is 45.0 Å². The van der Waals surface area contributed by atoms with E-state index in [1.165, 1.54) is 0 Å². The molecule has 6 heteroatoms. The minimum absolute atomic E-state index is 0.0749. The van der Waals surface area contributed by atoms with E-state index in [4.69, 9.17) is 4.74 Å². The van der Waals surface area contributed by atoms with Crippen molar-refractivity contribution in [1.29, 1.82) is 0 Å². The highest BCUT2D eigenvalue weighted by atomic mass is 16.5. The summed E-state index contributed by atoms with van der Waals surface area (Å²) < 4.78 is 6.40. The lowest BCUT2D eigenvalue weighted by molar-refractivity contribution is -0.119. The number of aromatic nitrogens is 3. The van der Waals surface area contributed by atoms with Gasteiger partial charge in [0.2, 0.25) is 0 Å². The Balaban J connectivity index is 1.57. The van der Waals surface area contributed by atoms with E-state index in [0.717, 1.165) is 5.56 Å². The minimum Gasteiger partial charge on any atom is -0.366 e. The molecule has 2 atom stereocenters. The molecule has 0 spiro atoms. The molecule has 6 nitrogen and oxygen atoms in total. The molecule has 0 N–H and O–H groups in total. The van der Waals surface area contributed by atoms with E-state index in [1.807, 2.05) is 53.4 Å². The Labute approximate surface area is 177 Å². The third kappa shape index (κ3) is 4.39.